The van der Waals surface area contributed by atoms with Gasteiger partial charge < -0.3 is 0 Å². The number of rotatable bonds is 16. The van der Waals surface area contributed by atoms with Gasteiger partial charge in [-0.05, 0) is 37.8 Å². The lowest BCUT2D eigenvalue weighted by molar-refractivity contribution is -0.784. The van der Waals surface area contributed by atoms with E-state index in [9.17, 15) is 0 Å². The Balaban J connectivity index is 3.61. The molecule has 0 aliphatic carbocycles. The first-order chi connectivity index (χ1) is 11.1. The molecule has 0 fully saturated rings. The molecule has 0 amide bonds. The molecule has 0 aliphatic heterocycles. The highest BCUT2D eigenvalue weighted by atomic mass is 15.3. The molecule has 0 spiro atoms. The summed E-state index contributed by atoms with van der Waals surface area (Å²) in [6, 6.07) is 0. The van der Waals surface area contributed by atoms with E-state index in [-0.39, 0.29) is 0 Å². The van der Waals surface area contributed by atoms with Crippen molar-refractivity contribution in [3.63, 3.8) is 0 Å². The summed E-state index contributed by atoms with van der Waals surface area (Å²) in [6.07, 6.45) is 28.5. The van der Waals surface area contributed by atoms with E-state index in [4.69, 9.17) is 0 Å². The first kappa shape index (κ1) is 22.4. The molecule has 0 aliphatic rings. The second-order valence-corrected chi connectivity index (χ2v) is 7.51. The van der Waals surface area contributed by atoms with Crippen molar-refractivity contribution >= 4 is 0 Å². The monoisotopic (exact) mass is 322 g/mol. The third-order valence-electron chi connectivity index (χ3n) is 4.43. The Bertz CT molecular complexity index is 260. The molecule has 0 rings (SSSR count). The summed E-state index contributed by atoms with van der Waals surface area (Å²) in [5.74, 6) is 0. The fraction of sp³-hybridized carbons (Fsp3) is 0.818. The van der Waals surface area contributed by atoms with Crippen molar-refractivity contribution < 1.29 is 4.48 Å². The molecule has 23 heavy (non-hydrogen) atoms. The third-order valence-corrected chi connectivity index (χ3v) is 4.43. The molecule has 136 valence electrons. The molecule has 0 heterocycles. The predicted molar refractivity (Wildman–Crippen MR) is 106 cm³/mol. The lowest BCUT2D eigenvalue weighted by Gasteiger charge is -2.19. The van der Waals surface area contributed by atoms with Crippen LogP contribution in [0.4, 0.5) is 0 Å². The molecule has 0 aromatic carbocycles. The van der Waals surface area contributed by atoms with Crippen molar-refractivity contribution in [1.29, 1.82) is 0 Å². The fourth-order valence-corrected chi connectivity index (χ4v) is 2.83. The van der Waals surface area contributed by atoms with Crippen LogP contribution >= 0.6 is 0 Å². The molecule has 0 unspecified atom stereocenters. The maximum Gasteiger partial charge on any atom is 0.0959 e. The van der Waals surface area contributed by atoms with Gasteiger partial charge in [0.2, 0.25) is 0 Å². The summed E-state index contributed by atoms with van der Waals surface area (Å²) in [6.45, 7) is 4.56. The van der Waals surface area contributed by atoms with Crippen molar-refractivity contribution in [2.75, 3.05) is 14.1 Å². The van der Waals surface area contributed by atoms with Crippen LogP contribution < -0.4 is 0 Å². The Morgan fingerprint density at radius 1 is 0.522 bits per heavy atom. The van der Waals surface area contributed by atoms with Crippen LogP contribution in [0.1, 0.15) is 104 Å². The first-order valence-corrected chi connectivity index (χ1v) is 10.3. The highest BCUT2D eigenvalue weighted by molar-refractivity contribution is 4.80. The minimum absolute atomic E-state index is 0.881. The van der Waals surface area contributed by atoms with E-state index < -0.39 is 0 Å². The minimum Gasteiger partial charge on any atom is -0.276 e. The van der Waals surface area contributed by atoms with Gasteiger partial charge >= 0.3 is 0 Å². The standard InChI is InChI=1S/C22H44N/c1-5-7-9-11-13-15-17-19-21-23(3,4)22-20-18-16-14-12-10-8-6-2/h19-22H,5-18H2,1-4H3/q+1. The number of hydrogen-bond donors (Lipinski definition) is 0. The van der Waals surface area contributed by atoms with E-state index in [0.29, 0.717) is 0 Å². The smallest absolute Gasteiger partial charge is 0.0959 e. The highest BCUT2D eigenvalue weighted by Crippen LogP contribution is 2.10. The van der Waals surface area contributed by atoms with Crippen LogP contribution in [0, 0.1) is 0 Å². The van der Waals surface area contributed by atoms with E-state index in [2.05, 4.69) is 52.5 Å². The molecule has 1 heteroatoms. The zero-order chi connectivity index (χ0) is 17.2. The van der Waals surface area contributed by atoms with Gasteiger partial charge in [0.05, 0.1) is 26.5 Å². The Morgan fingerprint density at radius 2 is 0.870 bits per heavy atom. The van der Waals surface area contributed by atoms with E-state index >= 15 is 0 Å². The summed E-state index contributed by atoms with van der Waals surface area (Å²) in [4.78, 5) is 0. The Kier molecular flexibility index (Phi) is 15.9. The van der Waals surface area contributed by atoms with Gasteiger partial charge in [0.25, 0.3) is 0 Å². The molecule has 0 saturated heterocycles. The van der Waals surface area contributed by atoms with Gasteiger partial charge in [-0.3, -0.25) is 4.48 Å². The molecule has 0 aromatic rings. The van der Waals surface area contributed by atoms with Crippen LogP contribution in [-0.4, -0.2) is 18.6 Å². The van der Waals surface area contributed by atoms with Gasteiger partial charge in [0.15, 0.2) is 0 Å². The molecular weight excluding hydrogens is 278 g/mol. The molecule has 0 bridgehead atoms. The zero-order valence-corrected chi connectivity index (χ0v) is 16.7. The maximum absolute atomic E-state index is 2.37. The van der Waals surface area contributed by atoms with Crippen LogP contribution in [0.25, 0.3) is 0 Å². The van der Waals surface area contributed by atoms with Gasteiger partial charge in [-0.1, -0.05) is 78.1 Å². The maximum atomic E-state index is 2.37. The molecule has 0 radical (unpaired) electrons. The van der Waals surface area contributed by atoms with Crippen molar-refractivity contribution in [3.8, 4) is 0 Å². The van der Waals surface area contributed by atoms with Crippen LogP contribution in [0.3, 0.4) is 0 Å². The van der Waals surface area contributed by atoms with Crippen molar-refractivity contribution in [2.45, 2.75) is 104 Å². The van der Waals surface area contributed by atoms with E-state index in [1.165, 1.54) is 89.9 Å². The molecule has 0 N–H and O–H groups in total. The van der Waals surface area contributed by atoms with E-state index in [1.807, 2.05) is 0 Å². The predicted octanol–water partition coefficient (Wildman–Crippen LogP) is 7.59. The number of nitrogens with zero attached hydrogens (tertiary/aromatic N) is 1. The Hall–Kier alpha value is -0.560. The largest absolute Gasteiger partial charge is 0.276 e. The van der Waals surface area contributed by atoms with Gasteiger partial charge in [-0.15, -0.1) is 0 Å². The lowest BCUT2D eigenvalue weighted by atomic mass is 10.1. The van der Waals surface area contributed by atoms with Crippen molar-refractivity contribution in [3.05, 3.63) is 24.6 Å². The van der Waals surface area contributed by atoms with Crippen molar-refractivity contribution in [1.82, 2.24) is 0 Å². The van der Waals surface area contributed by atoms with Crippen LogP contribution in [0.15, 0.2) is 24.6 Å². The van der Waals surface area contributed by atoms with E-state index in [1.54, 1.807) is 0 Å². The minimum atomic E-state index is 0.881. The highest BCUT2D eigenvalue weighted by Gasteiger charge is 2.04. The SMILES string of the molecule is CCCCCCCCC=C[N+](C)(C)C=CCCCCCCCC. The van der Waals surface area contributed by atoms with Crippen molar-refractivity contribution in [2.24, 2.45) is 0 Å². The average Bonchev–Trinajstić information content (AvgIpc) is 2.52. The van der Waals surface area contributed by atoms with Gasteiger partial charge in [-0.2, -0.15) is 0 Å². The number of allylic oxidation sites excluding steroid dienone is 2. The quantitative estimate of drug-likeness (QED) is 0.203. The third kappa shape index (κ3) is 17.6. The van der Waals surface area contributed by atoms with E-state index in [0.717, 1.165) is 4.48 Å². The van der Waals surface area contributed by atoms with Gasteiger partial charge in [0.1, 0.15) is 0 Å². The normalized spacial score (nSPS) is 12.7. The summed E-state index contributed by atoms with van der Waals surface area (Å²) in [5.41, 5.74) is 0. The second kappa shape index (κ2) is 16.3. The summed E-state index contributed by atoms with van der Waals surface area (Å²) in [7, 11) is 4.52. The zero-order valence-electron chi connectivity index (χ0n) is 16.7. The summed E-state index contributed by atoms with van der Waals surface area (Å²) >= 11 is 0. The lowest BCUT2D eigenvalue weighted by Crippen LogP contribution is -2.25. The molecule has 0 saturated carbocycles. The van der Waals surface area contributed by atoms with Gasteiger partial charge in [0, 0.05) is 0 Å². The number of quaternary nitrogens is 1. The molecule has 0 atom stereocenters. The van der Waals surface area contributed by atoms with Crippen LogP contribution in [0.2, 0.25) is 0 Å². The fourth-order valence-electron chi connectivity index (χ4n) is 2.83. The number of hydrogen-bond acceptors (Lipinski definition) is 0. The number of unbranched alkanes of at least 4 members (excludes halogenated alkanes) is 12. The molecule has 0 aromatic heterocycles. The molecular formula is C22H44N+. The summed E-state index contributed by atoms with van der Waals surface area (Å²) in [5, 5.41) is 0. The first-order valence-electron chi connectivity index (χ1n) is 10.3. The Morgan fingerprint density at radius 3 is 1.26 bits per heavy atom. The average molecular weight is 323 g/mol. The second-order valence-electron chi connectivity index (χ2n) is 7.51. The Labute approximate surface area is 147 Å². The topological polar surface area (TPSA) is 0 Å². The van der Waals surface area contributed by atoms with Crippen LogP contribution in [-0.2, 0) is 0 Å². The van der Waals surface area contributed by atoms with Crippen LogP contribution in [0.5, 0.6) is 0 Å². The van der Waals surface area contributed by atoms with Gasteiger partial charge in [-0.25, -0.2) is 0 Å². The molecule has 1 nitrogen and oxygen atoms in total. The summed E-state index contributed by atoms with van der Waals surface area (Å²) < 4.78 is 0.881.